The fraction of sp³-hybridized carbons (Fsp3) is 0.133. The predicted octanol–water partition coefficient (Wildman–Crippen LogP) is 2.73. The highest BCUT2D eigenvalue weighted by Crippen LogP contribution is 2.20. The lowest BCUT2D eigenvalue weighted by Crippen LogP contribution is -2.01. The van der Waals surface area contributed by atoms with Gasteiger partial charge in [0, 0.05) is 11.3 Å². The third kappa shape index (κ3) is 3.36. The van der Waals surface area contributed by atoms with Crippen LogP contribution in [0.3, 0.4) is 0 Å². The first kappa shape index (κ1) is 15.0. The van der Waals surface area contributed by atoms with Gasteiger partial charge >= 0.3 is 0 Å². The van der Waals surface area contributed by atoms with Gasteiger partial charge in [0.1, 0.15) is 5.82 Å². The standard InChI is InChI=1S/C15H13N7S2/c1-2-5-11(6-3-1)22-14(18-20-21-22)10-24-15-16-13(17-19-15)9-12-7-4-8-23-12/h1-8H,9-10H2,(H,16,17,19). The summed E-state index contributed by atoms with van der Waals surface area (Å²) in [6.45, 7) is 0. The lowest BCUT2D eigenvalue weighted by Gasteiger charge is -2.02. The molecule has 3 aromatic heterocycles. The molecular weight excluding hydrogens is 342 g/mol. The molecule has 0 aliphatic heterocycles. The number of hydrogen-bond donors (Lipinski definition) is 1. The Hall–Kier alpha value is -2.52. The Bertz CT molecular complexity index is 899. The van der Waals surface area contributed by atoms with E-state index in [0.717, 1.165) is 23.8 Å². The molecule has 0 radical (unpaired) electrons. The van der Waals surface area contributed by atoms with Gasteiger partial charge in [0.2, 0.25) is 5.16 Å². The van der Waals surface area contributed by atoms with Crippen LogP contribution in [0.2, 0.25) is 0 Å². The average Bonchev–Trinajstić information content (AvgIpc) is 3.36. The van der Waals surface area contributed by atoms with Crippen LogP contribution in [0.1, 0.15) is 16.5 Å². The summed E-state index contributed by atoms with van der Waals surface area (Å²) in [6.07, 6.45) is 0.771. The Morgan fingerprint density at radius 1 is 1.12 bits per heavy atom. The summed E-state index contributed by atoms with van der Waals surface area (Å²) in [6, 6.07) is 13.9. The van der Waals surface area contributed by atoms with Crippen molar-refractivity contribution >= 4 is 23.1 Å². The summed E-state index contributed by atoms with van der Waals surface area (Å²) in [5.74, 6) is 2.22. The molecule has 0 unspecified atom stereocenters. The minimum absolute atomic E-state index is 0.595. The fourth-order valence-electron chi connectivity index (χ4n) is 2.19. The first-order valence-electron chi connectivity index (χ1n) is 7.27. The van der Waals surface area contributed by atoms with E-state index in [4.69, 9.17) is 0 Å². The minimum atomic E-state index is 0.595. The topological polar surface area (TPSA) is 85.2 Å². The summed E-state index contributed by atoms with van der Waals surface area (Å²) in [7, 11) is 0. The number of aromatic amines is 1. The number of hydrogen-bond acceptors (Lipinski definition) is 7. The zero-order valence-electron chi connectivity index (χ0n) is 12.5. The molecule has 0 bridgehead atoms. The van der Waals surface area contributed by atoms with E-state index in [-0.39, 0.29) is 0 Å². The van der Waals surface area contributed by atoms with Crippen LogP contribution in [0.15, 0.2) is 53.0 Å². The molecule has 7 nitrogen and oxygen atoms in total. The van der Waals surface area contributed by atoms with Crippen molar-refractivity contribution in [1.29, 1.82) is 0 Å². The monoisotopic (exact) mass is 355 g/mol. The molecular formula is C15H13N7S2. The molecule has 0 saturated carbocycles. The highest BCUT2D eigenvalue weighted by molar-refractivity contribution is 7.98. The summed E-state index contributed by atoms with van der Waals surface area (Å²) in [5.41, 5.74) is 0.937. The molecule has 4 rings (SSSR count). The van der Waals surface area contributed by atoms with E-state index in [1.807, 2.05) is 36.4 Å². The molecule has 0 spiro atoms. The number of nitrogens with one attached hydrogen (secondary N) is 1. The zero-order valence-corrected chi connectivity index (χ0v) is 14.2. The summed E-state index contributed by atoms with van der Waals surface area (Å²) < 4.78 is 1.73. The van der Waals surface area contributed by atoms with Gasteiger partial charge in [-0.3, -0.25) is 5.10 Å². The molecule has 0 aliphatic carbocycles. The van der Waals surface area contributed by atoms with E-state index in [9.17, 15) is 0 Å². The second kappa shape index (κ2) is 6.93. The Balaban J connectivity index is 1.43. The molecule has 4 aromatic rings. The molecule has 3 heterocycles. The molecule has 24 heavy (non-hydrogen) atoms. The quantitative estimate of drug-likeness (QED) is 0.535. The minimum Gasteiger partial charge on any atom is -0.262 e. The van der Waals surface area contributed by atoms with Crippen LogP contribution >= 0.6 is 23.1 Å². The van der Waals surface area contributed by atoms with Crippen molar-refractivity contribution in [3.05, 3.63) is 64.4 Å². The SMILES string of the molecule is c1ccc(-n2nnnc2CSc2n[nH]c(Cc3cccs3)n2)cc1. The van der Waals surface area contributed by atoms with Crippen LogP contribution in [-0.4, -0.2) is 35.4 Å². The van der Waals surface area contributed by atoms with Crippen LogP contribution in [0.5, 0.6) is 0 Å². The zero-order chi connectivity index (χ0) is 16.2. The van der Waals surface area contributed by atoms with E-state index in [0.29, 0.717) is 10.9 Å². The van der Waals surface area contributed by atoms with Crippen molar-refractivity contribution in [2.24, 2.45) is 0 Å². The molecule has 0 atom stereocenters. The molecule has 0 amide bonds. The average molecular weight is 355 g/mol. The maximum absolute atomic E-state index is 4.51. The van der Waals surface area contributed by atoms with E-state index in [1.165, 1.54) is 16.6 Å². The number of H-pyrrole nitrogens is 1. The van der Waals surface area contributed by atoms with Gasteiger partial charge < -0.3 is 0 Å². The third-order valence-electron chi connectivity index (χ3n) is 3.30. The van der Waals surface area contributed by atoms with Crippen LogP contribution < -0.4 is 0 Å². The number of tetrazole rings is 1. The van der Waals surface area contributed by atoms with E-state index in [2.05, 4.69) is 42.2 Å². The van der Waals surface area contributed by atoms with Crippen molar-refractivity contribution < 1.29 is 0 Å². The maximum Gasteiger partial charge on any atom is 0.208 e. The van der Waals surface area contributed by atoms with Gasteiger partial charge in [0.15, 0.2) is 5.82 Å². The van der Waals surface area contributed by atoms with Gasteiger partial charge in [-0.1, -0.05) is 36.0 Å². The number of benzene rings is 1. The van der Waals surface area contributed by atoms with Crippen molar-refractivity contribution in [2.45, 2.75) is 17.3 Å². The highest BCUT2D eigenvalue weighted by atomic mass is 32.2. The summed E-state index contributed by atoms with van der Waals surface area (Å²) >= 11 is 3.22. The van der Waals surface area contributed by atoms with Crippen LogP contribution in [0, 0.1) is 0 Å². The van der Waals surface area contributed by atoms with Crippen LogP contribution in [-0.2, 0) is 12.2 Å². The van der Waals surface area contributed by atoms with E-state index < -0.39 is 0 Å². The molecule has 0 aliphatic rings. The maximum atomic E-state index is 4.51. The number of nitrogens with zero attached hydrogens (tertiary/aromatic N) is 6. The lowest BCUT2D eigenvalue weighted by molar-refractivity contribution is 0.777. The molecule has 0 saturated heterocycles. The van der Waals surface area contributed by atoms with Crippen LogP contribution in [0.25, 0.3) is 5.69 Å². The number of thiophene rings is 1. The first-order chi connectivity index (χ1) is 11.9. The van der Waals surface area contributed by atoms with Crippen molar-refractivity contribution in [2.75, 3.05) is 0 Å². The van der Waals surface area contributed by atoms with Crippen molar-refractivity contribution in [3.63, 3.8) is 0 Å². The fourth-order valence-corrected chi connectivity index (χ4v) is 3.63. The molecule has 0 fully saturated rings. The van der Waals surface area contributed by atoms with E-state index in [1.54, 1.807) is 16.0 Å². The van der Waals surface area contributed by atoms with Gasteiger partial charge in [0.25, 0.3) is 0 Å². The van der Waals surface area contributed by atoms with Crippen molar-refractivity contribution in [3.8, 4) is 5.69 Å². The Morgan fingerprint density at radius 3 is 2.88 bits per heavy atom. The van der Waals surface area contributed by atoms with Gasteiger partial charge in [-0.05, 0) is 34.0 Å². The third-order valence-corrected chi connectivity index (χ3v) is 5.02. The Labute approximate surface area is 146 Å². The number of aromatic nitrogens is 7. The van der Waals surface area contributed by atoms with Crippen molar-refractivity contribution in [1.82, 2.24) is 35.4 Å². The lowest BCUT2D eigenvalue weighted by atomic mass is 10.3. The second-order valence-corrected chi connectivity index (χ2v) is 6.93. The smallest absolute Gasteiger partial charge is 0.208 e. The summed E-state index contributed by atoms with van der Waals surface area (Å²) in [5, 5.41) is 21.9. The number of para-hydroxylation sites is 1. The largest absolute Gasteiger partial charge is 0.262 e. The van der Waals surface area contributed by atoms with Gasteiger partial charge in [0.05, 0.1) is 11.4 Å². The normalized spacial score (nSPS) is 11.0. The summed E-state index contributed by atoms with van der Waals surface area (Å²) in [4.78, 5) is 5.77. The molecule has 120 valence electrons. The molecule has 1 aromatic carbocycles. The number of rotatable bonds is 6. The van der Waals surface area contributed by atoms with Gasteiger partial charge in [-0.2, -0.15) is 4.68 Å². The van der Waals surface area contributed by atoms with Gasteiger partial charge in [-0.15, -0.1) is 21.5 Å². The van der Waals surface area contributed by atoms with E-state index >= 15 is 0 Å². The Morgan fingerprint density at radius 2 is 2.04 bits per heavy atom. The predicted molar refractivity (Wildman–Crippen MR) is 92.2 cm³/mol. The first-order valence-corrected chi connectivity index (χ1v) is 9.14. The molecule has 9 heteroatoms. The van der Waals surface area contributed by atoms with Crippen LogP contribution in [0.4, 0.5) is 0 Å². The van der Waals surface area contributed by atoms with Gasteiger partial charge in [-0.25, -0.2) is 4.98 Å². The molecule has 1 N–H and O–H groups in total. The number of thioether (sulfide) groups is 1. The highest BCUT2D eigenvalue weighted by Gasteiger charge is 2.11. The second-order valence-electron chi connectivity index (χ2n) is 4.95. The Kier molecular flexibility index (Phi) is 4.34.